The summed E-state index contributed by atoms with van der Waals surface area (Å²) in [6.45, 7) is 2.64. The average Bonchev–Trinajstić information content (AvgIpc) is 2.42. The van der Waals surface area contributed by atoms with Gasteiger partial charge in [0.1, 0.15) is 0 Å². The second-order valence-corrected chi connectivity index (χ2v) is 7.95. The van der Waals surface area contributed by atoms with Crippen LogP contribution < -0.4 is 5.73 Å². The van der Waals surface area contributed by atoms with E-state index < -0.39 is 10.0 Å². The van der Waals surface area contributed by atoms with E-state index in [-0.39, 0.29) is 17.4 Å². The largest absolute Gasteiger partial charge is 0.398 e. The number of rotatable bonds is 3. The van der Waals surface area contributed by atoms with Crippen molar-refractivity contribution in [3.05, 3.63) is 22.2 Å². The molecular weight excluding hydrogens is 344 g/mol. The van der Waals surface area contributed by atoms with Crippen LogP contribution in [0.3, 0.4) is 0 Å². The van der Waals surface area contributed by atoms with Crippen molar-refractivity contribution in [2.24, 2.45) is 5.92 Å². The molecule has 1 fully saturated rings. The molecule has 0 aromatic heterocycles. The number of aliphatic hydroxyl groups is 1. The number of hydrogen-bond acceptors (Lipinski definition) is 4. The van der Waals surface area contributed by atoms with Gasteiger partial charge in [-0.3, -0.25) is 0 Å². The third kappa shape index (κ3) is 3.00. The van der Waals surface area contributed by atoms with E-state index in [0.29, 0.717) is 28.8 Å². The minimum atomic E-state index is -3.55. The maximum absolute atomic E-state index is 12.7. The summed E-state index contributed by atoms with van der Waals surface area (Å²) < 4.78 is 27.6. The fraction of sp³-hybridized carbons (Fsp3) is 0.538. The third-order valence-electron chi connectivity index (χ3n) is 3.65. The highest BCUT2D eigenvalue weighted by Crippen LogP contribution is 2.30. The number of sulfonamides is 1. The highest BCUT2D eigenvalue weighted by Gasteiger charge is 2.31. The Bertz CT molecular complexity index is 604. The first-order chi connectivity index (χ1) is 9.36. The van der Waals surface area contributed by atoms with Crippen LogP contribution in [-0.2, 0) is 10.0 Å². The van der Waals surface area contributed by atoms with Gasteiger partial charge in [0.05, 0.1) is 4.90 Å². The van der Waals surface area contributed by atoms with Gasteiger partial charge in [-0.15, -0.1) is 0 Å². The van der Waals surface area contributed by atoms with Gasteiger partial charge >= 0.3 is 0 Å². The van der Waals surface area contributed by atoms with E-state index in [0.717, 1.165) is 12.8 Å². The van der Waals surface area contributed by atoms with Gasteiger partial charge in [-0.2, -0.15) is 4.31 Å². The first kappa shape index (κ1) is 15.8. The molecule has 1 atom stereocenters. The average molecular weight is 363 g/mol. The Morgan fingerprint density at radius 1 is 1.50 bits per heavy atom. The second kappa shape index (κ2) is 6.01. The summed E-state index contributed by atoms with van der Waals surface area (Å²) in [7, 11) is -3.55. The standard InChI is InChI=1S/C13H19BrN2O3S/c1-9-5-11(14)12(15)6-13(9)20(18,19)16-4-2-3-10(7-16)8-17/h5-6,10,17H,2-4,7-8,15H2,1H3. The second-order valence-electron chi connectivity index (χ2n) is 5.19. The number of nitrogen functional groups attached to an aromatic ring is 1. The van der Waals surface area contributed by atoms with Crippen LogP contribution in [0.5, 0.6) is 0 Å². The molecule has 1 aromatic rings. The lowest BCUT2D eigenvalue weighted by atomic mass is 10.0. The number of halogens is 1. The van der Waals surface area contributed by atoms with Crippen molar-refractivity contribution in [1.29, 1.82) is 0 Å². The molecule has 1 aliphatic rings. The Balaban J connectivity index is 2.37. The molecule has 20 heavy (non-hydrogen) atoms. The Morgan fingerprint density at radius 2 is 2.20 bits per heavy atom. The highest BCUT2D eigenvalue weighted by atomic mass is 79.9. The van der Waals surface area contributed by atoms with Crippen molar-refractivity contribution in [2.45, 2.75) is 24.7 Å². The summed E-state index contributed by atoms with van der Waals surface area (Å²) in [6.07, 6.45) is 1.64. The predicted molar refractivity (Wildman–Crippen MR) is 81.9 cm³/mol. The van der Waals surface area contributed by atoms with Crippen molar-refractivity contribution >= 4 is 31.6 Å². The molecule has 1 heterocycles. The van der Waals surface area contributed by atoms with E-state index >= 15 is 0 Å². The third-order valence-corrected chi connectivity index (χ3v) is 6.35. The van der Waals surface area contributed by atoms with E-state index in [9.17, 15) is 13.5 Å². The molecule has 0 saturated carbocycles. The first-order valence-electron chi connectivity index (χ1n) is 6.53. The number of hydrogen-bond donors (Lipinski definition) is 2. The summed E-state index contributed by atoms with van der Waals surface area (Å²) >= 11 is 3.30. The van der Waals surface area contributed by atoms with Crippen LogP contribution in [-0.4, -0.2) is 37.5 Å². The Labute approximate surface area is 128 Å². The number of benzene rings is 1. The molecule has 3 N–H and O–H groups in total. The zero-order valence-electron chi connectivity index (χ0n) is 11.3. The van der Waals surface area contributed by atoms with Crippen molar-refractivity contribution in [2.75, 3.05) is 25.4 Å². The van der Waals surface area contributed by atoms with Gasteiger partial charge in [-0.05, 0) is 59.3 Å². The minimum absolute atomic E-state index is 0.0200. The van der Waals surface area contributed by atoms with E-state index in [2.05, 4.69) is 15.9 Å². The van der Waals surface area contributed by atoms with E-state index in [1.165, 1.54) is 10.4 Å². The van der Waals surface area contributed by atoms with Crippen molar-refractivity contribution in [3.8, 4) is 0 Å². The zero-order chi connectivity index (χ0) is 14.9. The SMILES string of the molecule is Cc1cc(Br)c(N)cc1S(=O)(=O)N1CCCC(CO)C1. The molecule has 0 amide bonds. The van der Waals surface area contributed by atoms with E-state index in [1.54, 1.807) is 13.0 Å². The number of piperidine rings is 1. The van der Waals surface area contributed by atoms with Gasteiger partial charge in [-0.25, -0.2) is 8.42 Å². The summed E-state index contributed by atoms with van der Waals surface area (Å²) in [5.74, 6) is 0.0200. The van der Waals surface area contributed by atoms with Crippen LogP contribution in [0.25, 0.3) is 0 Å². The lowest BCUT2D eigenvalue weighted by Gasteiger charge is -2.31. The summed E-state index contributed by atoms with van der Waals surface area (Å²) in [6, 6.07) is 3.22. The molecule has 1 unspecified atom stereocenters. The molecule has 1 aromatic carbocycles. The zero-order valence-corrected chi connectivity index (χ0v) is 13.7. The van der Waals surface area contributed by atoms with Crippen molar-refractivity contribution < 1.29 is 13.5 Å². The van der Waals surface area contributed by atoms with Crippen molar-refractivity contribution in [3.63, 3.8) is 0 Å². The summed E-state index contributed by atoms with van der Waals surface area (Å²) in [5.41, 5.74) is 6.87. The highest BCUT2D eigenvalue weighted by molar-refractivity contribution is 9.10. The van der Waals surface area contributed by atoms with Crippen LogP contribution in [0, 0.1) is 12.8 Å². The number of nitrogens with zero attached hydrogens (tertiary/aromatic N) is 1. The van der Waals surface area contributed by atoms with Gasteiger partial charge < -0.3 is 10.8 Å². The normalized spacial score (nSPS) is 21.1. The molecule has 0 spiro atoms. The summed E-state index contributed by atoms with van der Waals surface area (Å²) in [5, 5.41) is 9.23. The monoisotopic (exact) mass is 362 g/mol. The van der Waals surface area contributed by atoms with Gasteiger partial charge in [-0.1, -0.05) is 0 Å². The van der Waals surface area contributed by atoms with Crippen LogP contribution in [0.15, 0.2) is 21.5 Å². The predicted octanol–water partition coefficient (Wildman–Crippen LogP) is 1.73. The quantitative estimate of drug-likeness (QED) is 0.802. The topological polar surface area (TPSA) is 83.6 Å². The van der Waals surface area contributed by atoms with Gasteiger partial charge in [0, 0.05) is 29.9 Å². The maximum Gasteiger partial charge on any atom is 0.243 e. The molecule has 0 bridgehead atoms. The molecule has 1 aliphatic heterocycles. The molecule has 2 rings (SSSR count). The summed E-state index contributed by atoms with van der Waals surface area (Å²) in [4.78, 5) is 0.247. The van der Waals surface area contributed by atoms with Crippen LogP contribution in [0.1, 0.15) is 18.4 Å². The Kier molecular flexibility index (Phi) is 4.73. The van der Waals surface area contributed by atoms with E-state index in [1.807, 2.05) is 0 Å². The lowest BCUT2D eigenvalue weighted by Crippen LogP contribution is -2.41. The van der Waals surface area contributed by atoms with Crippen molar-refractivity contribution in [1.82, 2.24) is 4.31 Å². The molecule has 5 nitrogen and oxygen atoms in total. The molecule has 7 heteroatoms. The smallest absolute Gasteiger partial charge is 0.243 e. The fourth-order valence-electron chi connectivity index (χ4n) is 2.48. The molecule has 0 aliphatic carbocycles. The van der Waals surface area contributed by atoms with Crippen LogP contribution >= 0.6 is 15.9 Å². The van der Waals surface area contributed by atoms with E-state index in [4.69, 9.17) is 5.73 Å². The Morgan fingerprint density at radius 3 is 2.85 bits per heavy atom. The van der Waals surface area contributed by atoms with Crippen LogP contribution in [0.4, 0.5) is 5.69 Å². The molecule has 1 saturated heterocycles. The fourth-order valence-corrected chi connectivity index (χ4v) is 4.73. The molecular formula is C13H19BrN2O3S. The molecule has 0 radical (unpaired) electrons. The van der Waals surface area contributed by atoms with Gasteiger partial charge in [0.25, 0.3) is 0 Å². The van der Waals surface area contributed by atoms with Crippen LogP contribution in [0.2, 0.25) is 0 Å². The number of aryl methyl sites for hydroxylation is 1. The number of aliphatic hydroxyl groups excluding tert-OH is 1. The molecule has 112 valence electrons. The first-order valence-corrected chi connectivity index (χ1v) is 8.76. The minimum Gasteiger partial charge on any atom is -0.398 e. The van der Waals surface area contributed by atoms with Gasteiger partial charge in [0.15, 0.2) is 0 Å². The van der Waals surface area contributed by atoms with Gasteiger partial charge in [0.2, 0.25) is 10.0 Å². The number of nitrogens with two attached hydrogens (primary N) is 1. The lowest BCUT2D eigenvalue weighted by molar-refractivity contribution is 0.165. The number of anilines is 1. The Hall–Kier alpha value is -0.630. The maximum atomic E-state index is 12.7.